The lowest BCUT2D eigenvalue weighted by atomic mass is 9.86. The van der Waals surface area contributed by atoms with Gasteiger partial charge < -0.3 is 10.1 Å². The Morgan fingerprint density at radius 3 is 2.42 bits per heavy atom. The largest absolute Gasteiger partial charge is 0.466 e. The van der Waals surface area contributed by atoms with E-state index in [9.17, 15) is 9.59 Å². The molecule has 0 aliphatic heterocycles. The Balaban J connectivity index is 2.77. The second kappa shape index (κ2) is 6.36. The maximum Gasteiger partial charge on any atom is 0.315 e. The van der Waals surface area contributed by atoms with Crippen molar-refractivity contribution in [1.29, 1.82) is 0 Å². The van der Waals surface area contributed by atoms with E-state index in [0.29, 0.717) is 0 Å². The third-order valence-corrected chi connectivity index (χ3v) is 2.62. The molecule has 1 N–H and O–H groups in total. The molecule has 1 amide bonds. The Morgan fingerprint density at radius 2 is 1.84 bits per heavy atom. The van der Waals surface area contributed by atoms with Gasteiger partial charge in [0.2, 0.25) is 5.91 Å². The molecule has 19 heavy (non-hydrogen) atoms. The van der Waals surface area contributed by atoms with E-state index in [1.54, 1.807) is 6.92 Å². The third-order valence-electron chi connectivity index (χ3n) is 2.62. The van der Waals surface area contributed by atoms with Crippen molar-refractivity contribution in [2.45, 2.75) is 39.5 Å². The van der Waals surface area contributed by atoms with Crippen LogP contribution in [0.25, 0.3) is 0 Å². The highest BCUT2D eigenvalue weighted by Crippen LogP contribution is 2.29. The van der Waals surface area contributed by atoms with Gasteiger partial charge in [0.25, 0.3) is 0 Å². The van der Waals surface area contributed by atoms with E-state index in [1.165, 1.54) is 0 Å². The summed E-state index contributed by atoms with van der Waals surface area (Å²) in [4.78, 5) is 23.0. The van der Waals surface area contributed by atoms with Gasteiger partial charge in [0, 0.05) is 5.69 Å². The smallest absolute Gasteiger partial charge is 0.315 e. The summed E-state index contributed by atoms with van der Waals surface area (Å²) in [6.45, 7) is 8.21. The first-order valence-electron chi connectivity index (χ1n) is 6.39. The molecule has 0 heterocycles. The standard InChI is InChI=1S/C15H21NO3/c1-5-19-14(18)10-13(17)16-12-9-7-6-8-11(12)15(2,3)4/h6-9H,5,10H2,1-4H3,(H,16,17). The van der Waals surface area contributed by atoms with Crippen LogP contribution in [0.3, 0.4) is 0 Å². The zero-order valence-corrected chi connectivity index (χ0v) is 11.9. The lowest BCUT2D eigenvalue weighted by Gasteiger charge is -2.22. The molecule has 0 spiro atoms. The fourth-order valence-corrected chi connectivity index (χ4v) is 1.78. The van der Waals surface area contributed by atoms with Gasteiger partial charge in [-0.3, -0.25) is 9.59 Å². The minimum Gasteiger partial charge on any atom is -0.466 e. The summed E-state index contributed by atoms with van der Waals surface area (Å²) in [6, 6.07) is 7.60. The minimum atomic E-state index is -0.506. The number of rotatable bonds is 4. The highest BCUT2D eigenvalue weighted by molar-refractivity contribution is 6.02. The molecular formula is C15H21NO3. The molecule has 0 radical (unpaired) electrons. The van der Waals surface area contributed by atoms with Crippen LogP contribution < -0.4 is 5.32 Å². The van der Waals surface area contributed by atoms with Gasteiger partial charge in [-0.1, -0.05) is 39.0 Å². The van der Waals surface area contributed by atoms with Crippen LogP contribution in [0, 0.1) is 0 Å². The number of benzene rings is 1. The Hall–Kier alpha value is -1.84. The Labute approximate surface area is 114 Å². The van der Waals surface area contributed by atoms with Crippen LogP contribution >= 0.6 is 0 Å². The number of anilines is 1. The van der Waals surface area contributed by atoms with Crippen LogP contribution in [0.5, 0.6) is 0 Å². The summed E-state index contributed by atoms with van der Waals surface area (Å²) < 4.78 is 4.75. The summed E-state index contributed by atoms with van der Waals surface area (Å²) in [5.41, 5.74) is 1.70. The Morgan fingerprint density at radius 1 is 1.21 bits per heavy atom. The molecule has 0 unspecified atom stereocenters. The number of carbonyl (C=O) groups excluding carboxylic acids is 2. The van der Waals surface area contributed by atoms with Crippen LogP contribution in [-0.2, 0) is 19.7 Å². The molecular weight excluding hydrogens is 242 g/mol. The zero-order chi connectivity index (χ0) is 14.5. The van der Waals surface area contributed by atoms with E-state index in [-0.39, 0.29) is 24.3 Å². The molecule has 0 saturated carbocycles. The van der Waals surface area contributed by atoms with E-state index in [1.807, 2.05) is 24.3 Å². The lowest BCUT2D eigenvalue weighted by molar-refractivity contribution is -0.145. The average molecular weight is 263 g/mol. The van der Waals surface area contributed by atoms with Crippen molar-refractivity contribution in [1.82, 2.24) is 0 Å². The molecule has 1 aromatic rings. The summed E-state index contributed by atoms with van der Waals surface area (Å²) in [6.07, 6.45) is -0.258. The first-order chi connectivity index (χ1) is 8.84. The average Bonchev–Trinajstić information content (AvgIpc) is 2.28. The minimum absolute atomic E-state index is 0.0756. The molecule has 0 atom stereocenters. The molecule has 4 heteroatoms. The first-order valence-corrected chi connectivity index (χ1v) is 6.39. The van der Waals surface area contributed by atoms with E-state index >= 15 is 0 Å². The maximum atomic E-state index is 11.8. The molecule has 104 valence electrons. The number of hydrogen-bond donors (Lipinski definition) is 1. The highest BCUT2D eigenvalue weighted by Gasteiger charge is 2.19. The van der Waals surface area contributed by atoms with Gasteiger partial charge in [-0.25, -0.2) is 0 Å². The van der Waals surface area contributed by atoms with E-state index in [0.717, 1.165) is 11.3 Å². The number of nitrogens with one attached hydrogen (secondary N) is 1. The highest BCUT2D eigenvalue weighted by atomic mass is 16.5. The van der Waals surface area contributed by atoms with Gasteiger partial charge in [0.15, 0.2) is 0 Å². The molecule has 0 fully saturated rings. The van der Waals surface area contributed by atoms with Gasteiger partial charge >= 0.3 is 5.97 Å². The van der Waals surface area contributed by atoms with Gasteiger partial charge in [-0.15, -0.1) is 0 Å². The van der Waals surface area contributed by atoms with Gasteiger partial charge in [0.05, 0.1) is 6.61 Å². The molecule has 0 saturated heterocycles. The summed E-state index contributed by atoms with van der Waals surface area (Å²) >= 11 is 0. The molecule has 0 aromatic heterocycles. The Bertz CT molecular complexity index is 461. The molecule has 1 rings (SSSR count). The molecule has 0 bridgehead atoms. The monoisotopic (exact) mass is 263 g/mol. The van der Waals surface area contributed by atoms with Gasteiger partial charge in [0.1, 0.15) is 6.42 Å². The van der Waals surface area contributed by atoms with Crippen molar-refractivity contribution in [2.75, 3.05) is 11.9 Å². The quantitative estimate of drug-likeness (QED) is 0.671. The number of amides is 1. The van der Waals surface area contributed by atoms with Crippen LogP contribution in [0.15, 0.2) is 24.3 Å². The van der Waals surface area contributed by atoms with Crippen molar-refractivity contribution in [2.24, 2.45) is 0 Å². The number of carbonyl (C=O) groups is 2. The second-order valence-corrected chi connectivity index (χ2v) is 5.33. The summed E-state index contributed by atoms with van der Waals surface area (Å²) in [7, 11) is 0. The van der Waals surface area contributed by atoms with Crippen molar-refractivity contribution in [3.8, 4) is 0 Å². The maximum absolute atomic E-state index is 11.8. The summed E-state index contributed by atoms with van der Waals surface area (Å²) in [5.74, 6) is -0.858. The van der Waals surface area contributed by atoms with Crippen molar-refractivity contribution >= 4 is 17.6 Å². The predicted octanol–water partition coefficient (Wildman–Crippen LogP) is 2.88. The SMILES string of the molecule is CCOC(=O)CC(=O)Nc1ccccc1C(C)(C)C. The molecule has 0 aliphatic carbocycles. The summed E-state index contributed by atoms with van der Waals surface area (Å²) in [5, 5.41) is 2.77. The molecule has 1 aromatic carbocycles. The normalized spacial score (nSPS) is 10.9. The zero-order valence-electron chi connectivity index (χ0n) is 11.9. The lowest BCUT2D eigenvalue weighted by Crippen LogP contribution is -2.21. The van der Waals surface area contributed by atoms with Gasteiger partial charge in [-0.2, -0.15) is 0 Å². The van der Waals surface area contributed by atoms with E-state index in [2.05, 4.69) is 26.1 Å². The van der Waals surface area contributed by atoms with Crippen LogP contribution in [0.1, 0.15) is 39.7 Å². The topological polar surface area (TPSA) is 55.4 Å². The van der Waals surface area contributed by atoms with Gasteiger partial charge in [-0.05, 0) is 24.0 Å². The van der Waals surface area contributed by atoms with Crippen molar-refractivity contribution in [3.05, 3.63) is 29.8 Å². The van der Waals surface area contributed by atoms with Crippen LogP contribution in [-0.4, -0.2) is 18.5 Å². The molecule has 0 aliphatic rings. The molecule has 4 nitrogen and oxygen atoms in total. The van der Waals surface area contributed by atoms with Crippen molar-refractivity contribution < 1.29 is 14.3 Å². The van der Waals surface area contributed by atoms with Crippen LogP contribution in [0.4, 0.5) is 5.69 Å². The van der Waals surface area contributed by atoms with E-state index < -0.39 is 5.97 Å². The number of hydrogen-bond acceptors (Lipinski definition) is 3. The Kier molecular flexibility index (Phi) is 5.10. The fraction of sp³-hybridized carbons (Fsp3) is 0.467. The van der Waals surface area contributed by atoms with Crippen LogP contribution in [0.2, 0.25) is 0 Å². The predicted molar refractivity (Wildman–Crippen MR) is 75.0 cm³/mol. The number of para-hydroxylation sites is 1. The first kappa shape index (κ1) is 15.2. The number of esters is 1. The number of ether oxygens (including phenoxy) is 1. The fourth-order valence-electron chi connectivity index (χ4n) is 1.78. The van der Waals surface area contributed by atoms with Crippen molar-refractivity contribution in [3.63, 3.8) is 0 Å². The third kappa shape index (κ3) is 4.73. The van der Waals surface area contributed by atoms with E-state index in [4.69, 9.17) is 4.74 Å². The second-order valence-electron chi connectivity index (χ2n) is 5.33.